The van der Waals surface area contributed by atoms with Crippen LogP contribution in [0.2, 0.25) is 0 Å². The van der Waals surface area contributed by atoms with Gasteiger partial charge < -0.3 is 0 Å². The van der Waals surface area contributed by atoms with E-state index in [1.54, 1.807) is 0 Å². The minimum Gasteiger partial charge on any atom is -0.0885 e. The molecule has 1 nitrogen and oxygen atoms in total. The van der Waals surface area contributed by atoms with E-state index in [1.165, 1.54) is 51.4 Å². The molecule has 0 atom stereocenters. The highest BCUT2D eigenvalue weighted by Crippen LogP contribution is 2.04. The van der Waals surface area contributed by atoms with E-state index in [9.17, 15) is 0 Å². The van der Waals surface area contributed by atoms with Gasteiger partial charge in [-0.15, -0.1) is 0 Å². The first-order chi connectivity index (χ1) is 7.91. The van der Waals surface area contributed by atoms with Crippen LogP contribution >= 0.6 is 0 Å². The van der Waals surface area contributed by atoms with E-state index in [1.807, 2.05) is 0 Å². The zero-order chi connectivity index (χ0) is 11.9. The average molecular weight is 222 g/mol. The van der Waals surface area contributed by atoms with Crippen LogP contribution in [0, 0.1) is 6.07 Å². The molecule has 16 heavy (non-hydrogen) atoms. The minimum atomic E-state index is 0.945. The normalized spacial score (nSPS) is 10.4. The summed E-state index contributed by atoms with van der Waals surface area (Å²) in [7, 11) is 0. The summed E-state index contributed by atoms with van der Waals surface area (Å²) >= 11 is 0. The van der Waals surface area contributed by atoms with Crippen molar-refractivity contribution < 1.29 is 0 Å². The van der Waals surface area contributed by atoms with Crippen LogP contribution in [0.1, 0.15) is 71.6 Å². The van der Waals surface area contributed by atoms with Crippen LogP contribution in [-0.2, 0) is 0 Å². The number of allylic oxidation sites excluding steroid dienone is 2. The van der Waals surface area contributed by atoms with Crippen LogP contribution < -0.4 is 0 Å². The zero-order valence-electron chi connectivity index (χ0n) is 11.2. The molecule has 0 aliphatic carbocycles. The Morgan fingerprint density at radius 1 is 0.875 bits per heavy atom. The Morgan fingerprint density at radius 3 is 2.19 bits per heavy atom. The molecule has 0 aliphatic heterocycles. The van der Waals surface area contributed by atoms with Crippen LogP contribution in [-0.4, -0.2) is 6.54 Å². The number of hydrogen-bond donors (Lipinski definition) is 0. The minimum absolute atomic E-state index is 0.945. The van der Waals surface area contributed by atoms with E-state index in [0.29, 0.717) is 0 Å². The van der Waals surface area contributed by atoms with Gasteiger partial charge in [-0.3, -0.25) is 0 Å². The highest BCUT2D eigenvalue weighted by atomic mass is 14.6. The summed E-state index contributed by atoms with van der Waals surface area (Å²) in [6.07, 6.45) is 16.0. The predicted molar refractivity (Wildman–Crippen MR) is 74.2 cm³/mol. The molecule has 0 fully saturated rings. The number of hydrogen-bond acceptors (Lipinski definition) is 0. The Balaban J connectivity index is 3.08. The van der Waals surface area contributed by atoms with Crippen LogP contribution in [0.4, 0.5) is 0 Å². The summed E-state index contributed by atoms with van der Waals surface area (Å²) in [6.45, 7) is 5.29. The molecule has 0 unspecified atom stereocenters. The van der Waals surface area contributed by atoms with Crippen LogP contribution in [0.3, 0.4) is 0 Å². The van der Waals surface area contributed by atoms with Crippen molar-refractivity contribution in [1.29, 1.82) is 0 Å². The highest BCUT2D eigenvalue weighted by Gasteiger charge is 1.91. The first kappa shape index (κ1) is 15.2. The van der Waals surface area contributed by atoms with Crippen LogP contribution in [0.5, 0.6) is 0 Å². The molecule has 0 aromatic heterocycles. The van der Waals surface area contributed by atoms with Gasteiger partial charge >= 0.3 is 0 Å². The summed E-state index contributed by atoms with van der Waals surface area (Å²) in [6, 6.07) is 2.99. The third kappa shape index (κ3) is 13.2. The first-order valence-electron chi connectivity index (χ1n) is 6.96. The van der Waals surface area contributed by atoms with Gasteiger partial charge in [-0.25, -0.2) is 0 Å². The summed E-state index contributed by atoms with van der Waals surface area (Å²) in [5.41, 5.74) is 0. The van der Waals surface area contributed by atoms with E-state index in [4.69, 9.17) is 0 Å². The second-order valence-corrected chi connectivity index (χ2v) is 4.21. The maximum Gasteiger partial charge on any atom is 0.272 e. The SMILES string of the molecule is CCC#[N+]CCCCCC=CCCCCC. The molecule has 0 radical (unpaired) electrons. The summed E-state index contributed by atoms with van der Waals surface area (Å²) in [4.78, 5) is 4.19. The Bertz CT molecular complexity index is 207. The van der Waals surface area contributed by atoms with E-state index in [-0.39, 0.29) is 0 Å². The topological polar surface area (TPSA) is 4.36 Å². The molecule has 92 valence electrons. The van der Waals surface area contributed by atoms with E-state index in [0.717, 1.165) is 13.0 Å². The molecule has 0 saturated carbocycles. The largest absolute Gasteiger partial charge is 0.272 e. The molecule has 0 amide bonds. The van der Waals surface area contributed by atoms with Gasteiger partial charge in [-0.1, -0.05) is 36.8 Å². The number of rotatable bonds is 9. The Labute approximate surface area is 102 Å². The first-order valence-corrected chi connectivity index (χ1v) is 6.96. The van der Waals surface area contributed by atoms with Crippen molar-refractivity contribution in [2.45, 2.75) is 71.6 Å². The summed E-state index contributed by atoms with van der Waals surface area (Å²) in [5, 5.41) is 0. The Kier molecular flexibility index (Phi) is 13.5. The van der Waals surface area contributed by atoms with Gasteiger partial charge in [0.1, 0.15) is 0 Å². The molecule has 0 rings (SSSR count). The molecule has 0 heterocycles. The van der Waals surface area contributed by atoms with Gasteiger partial charge in [-0.2, -0.15) is 0 Å². The molecule has 0 bridgehead atoms. The smallest absolute Gasteiger partial charge is 0.0885 e. The van der Waals surface area contributed by atoms with Gasteiger partial charge in [0.25, 0.3) is 12.6 Å². The van der Waals surface area contributed by atoms with Crippen molar-refractivity contribution in [1.82, 2.24) is 0 Å². The van der Waals surface area contributed by atoms with E-state index < -0.39 is 0 Å². The molecule has 0 aliphatic rings. The summed E-state index contributed by atoms with van der Waals surface area (Å²) in [5.74, 6) is 0. The Hall–Kier alpha value is -0.770. The van der Waals surface area contributed by atoms with Gasteiger partial charge in [0.05, 0.1) is 6.42 Å². The number of nitrogens with zero attached hydrogens (tertiary/aromatic N) is 1. The second-order valence-electron chi connectivity index (χ2n) is 4.21. The van der Waals surface area contributed by atoms with Crippen molar-refractivity contribution in [3.05, 3.63) is 17.0 Å². The fourth-order valence-electron chi connectivity index (χ4n) is 1.57. The fourth-order valence-corrected chi connectivity index (χ4v) is 1.57. The lowest BCUT2D eigenvalue weighted by Crippen LogP contribution is -1.79. The van der Waals surface area contributed by atoms with Crippen LogP contribution in [0.25, 0.3) is 4.85 Å². The predicted octanol–water partition coefficient (Wildman–Crippen LogP) is 5.43. The molecular weight excluding hydrogens is 194 g/mol. The van der Waals surface area contributed by atoms with Gasteiger partial charge in [0.15, 0.2) is 0 Å². The van der Waals surface area contributed by atoms with Gasteiger partial charge in [0.2, 0.25) is 0 Å². The third-order valence-corrected chi connectivity index (χ3v) is 2.55. The highest BCUT2D eigenvalue weighted by molar-refractivity contribution is 4.84. The maximum atomic E-state index is 4.19. The van der Waals surface area contributed by atoms with Gasteiger partial charge in [-0.05, 0) is 39.0 Å². The molecule has 0 aromatic carbocycles. The Morgan fingerprint density at radius 2 is 1.56 bits per heavy atom. The zero-order valence-corrected chi connectivity index (χ0v) is 11.2. The molecule has 1 heteroatoms. The monoisotopic (exact) mass is 222 g/mol. The molecular formula is C15H28N+. The van der Waals surface area contributed by atoms with Crippen molar-refractivity contribution in [2.24, 2.45) is 0 Å². The lowest BCUT2D eigenvalue weighted by Gasteiger charge is -1.93. The lowest BCUT2D eigenvalue weighted by atomic mass is 10.1. The van der Waals surface area contributed by atoms with E-state index in [2.05, 4.69) is 36.9 Å². The van der Waals surface area contributed by atoms with E-state index >= 15 is 0 Å². The molecule has 0 aromatic rings. The maximum absolute atomic E-state index is 4.19. The standard InChI is InChI=1S/C15H28N/c1-3-5-6-7-8-9-10-11-12-13-15-16-14-4-2/h8-9H,3-7,10-13,15H2,1-2H3/q+1. The fraction of sp³-hybridized carbons (Fsp3) is 0.800. The average Bonchev–Trinajstić information content (AvgIpc) is 2.31. The second kappa shape index (κ2) is 14.2. The molecule has 0 saturated heterocycles. The lowest BCUT2D eigenvalue weighted by molar-refractivity contribution is 0.709. The summed E-state index contributed by atoms with van der Waals surface area (Å²) < 4.78 is 0. The van der Waals surface area contributed by atoms with Gasteiger partial charge in [0, 0.05) is 6.42 Å². The van der Waals surface area contributed by atoms with Crippen molar-refractivity contribution >= 4 is 0 Å². The van der Waals surface area contributed by atoms with Crippen molar-refractivity contribution in [3.63, 3.8) is 0 Å². The van der Waals surface area contributed by atoms with Crippen molar-refractivity contribution in [3.8, 4) is 6.07 Å². The number of unbranched alkanes of at least 4 members (excludes halogenated alkanes) is 6. The van der Waals surface area contributed by atoms with Crippen LogP contribution in [0.15, 0.2) is 12.2 Å². The molecule has 0 N–H and O–H groups in total. The third-order valence-electron chi connectivity index (χ3n) is 2.55. The molecule has 0 spiro atoms. The quantitative estimate of drug-likeness (QED) is 0.362. The van der Waals surface area contributed by atoms with Crippen molar-refractivity contribution in [2.75, 3.05) is 6.54 Å².